The molecule has 1 fully saturated rings. The maximum atomic E-state index is 13.2. The van der Waals surface area contributed by atoms with Gasteiger partial charge in [-0.3, -0.25) is 19.2 Å². The summed E-state index contributed by atoms with van der Waals surface area (Å²) in [6, 6.07) is 11.9. The lowest BCUT2D eigenvalue weighted by Gasteiger charge is -2.24. The zero-order valence-electron chi connectivity index (χ0n) is 15.8. The number of hydrazine groups is 1. The van der Waals surface area contributed by atoms with Crippen LogP contribution in [0.2, 0.25) is 10.0 Å². The molecule has 4 amide bonds. The first-order valence-corrected chi connectivity index (χ1v) is 9.81. The minimum atomic E-state index is -1.48. The monoisotopic (exact) mass is 432 g/mol. The molecule has 1 saturated heterocycles. The Labute approximate surface area is 178 Å². The van der Waals surface area contributed by atoms with Crippen LogP contribution in [0.5, 0.6) is 0 Å². The molecule has 3 rings (SSSR count). The van der Waals surface area contributed by atoms with E-state index in [4.69, 9.17) is 23.2 Å². The van der Waals surface area contributed by atoms with Gasteiger partial charge in [-0.25, -0.2) is 0 Å². The number of amides is 4. The van der Waals surface area contributed by atoms with E-state index in [1.54, 1.807) is 38.1 Å². The van der Waals surface area contributed by atoms with Gasteiger partial charge in [0.1, 0.15) is 5.41 Å². The number of imide groups is 2. The number of carbonyl (C=O) groups is 4. The lowest BCUT2D eigenvalue weighted by atomic mass is 9.81. The highest BCUT2D eigenvalue weighted by Crippen LogP contribution is 2.40. The molecule has 0 spiro atoms. The highest BCUT2D eigenvalue weighted by atomic mass is 35.5. The molecule has 2 aromatic carbocycles. The van der Waals surface area contributed by atoms with Gasteiger partial charge in [-0.05, 0) is 49.2 Å². The summed E-state index contributed by atoms with van der Waals surface area (Å²) in [4.78, 5) is 52.8. The van der Waals surface area contributed by atoms with Crippen molar-refractivity contribution in [1.82, 2.24) is 10.0 Å². The number of nitrogens with zero attached hydrogens (tertiary/aromatic N) is 2. The quantitative estimate of drug-likeness (QED) is 0.530. The molecule has 0 unspecified atom stereocenters. The molecule has 8 heteroatoms. The number of benzene rings is 2. The number of rotatable bonds is 4. The predicted octanol–water partition coefficient (Wildman–Crippen LogP) is 4.37. The van der Waals surface area contributed by atoms with E-state index in [9.17, 15) is 19.2 Å². The largest absolute Gasteiger partial charge is 0.280 e. The smallest absolute Gasteiger partial charge is 0.271 e. The van der Waals surface area contributed by atoms with Gasteiger partial charge < -0.3 is 0 Å². The molecule has 0 bridgehead atoms. The Kier molecular flexibility index (Phi) is 5.78. The fraction of sp³-hybridized carbons (Fsp3) is 0.238. The number of halogens is 2. The van der Waals surface area contributed by atoms with Crippen LogP contribution >= 0.6 is 23.2 Å². The summed E-state index contributed by atoms with van der Waals surface area (Å²) < 4.78 is 0. The normalized spacial score (nSPS) is 15.7. The summed E-state index contributed by atoms with van der Waals surface area (Å²) in [5.74, 6) is -3.06. The second-order valence-corrected chi connectivity index (χ2v) is 7.53. The van der Waals surface area contributed by atoms with Gasteiger partial charge in [-0.1, -0.05) is 49.2 Å². The maximum Gasteiger partial charge on any atom is 0.280 e. The second kappa shape index (κ2) is 7.97. The van der Waals surface area contributed by atoms with Crippen molar-refractivity contribution in [3.8, 4) is 0 Å². The van der Waals surface area contributed by atoms with E-state index < -0.39 is 29.0 Å². The van der Waals surface area contributed by atoms with Crippen LogP contribution in [0.4, 0.5) is 0 Å². The molecule has 1 heterocycles. The van der Waals surface area contributed by atoms with Gasteiger partial charge in [-0.2, -0.15) is 10.0 Å². The van der Waals surface area contributed by atoms with Crippen LogP contribution in [0.25, 0.3) is 0 Å². The van der Waals surface area contributed by atoms with E-state index in [1.165, 1.54) is 24.3 Å². The van der Waals surface area contributed by atoms with E-state index in [0.717, 1.165) is 0 Å². The summed E-state index contributed by atoms with van der Waals surface area (Å²) in [6.07, 6.45) is 0.305. The second-order valence-electron chi connectivity index (χ2n) is 6.65. The first-order valence-electron chi connectivity index (χ1n) is 9.05. The Morgan fingerprint density at radius 2 is 1.17 bits per heavy atom. The molecule has 0 aliphatic carbocycles. The van der Waals surface area contributed by atoms with Crippen LogP contribution in [0.1, 0.15) is 47.4 Å². The lowest BCUT2D eigenvalue weighted by Crippen LogP contribution is -2.48. The Bertz CT molecular complexity index is 940. The van der Waals surface area contributed by atoms with E-state index in [1.807, 2.05) is 0 Å². The Morgan fingerprint density at radius 1 is 0.793 bits per heavy atom. The van der Waals surface area contributed by atoms with Crippen LogP contribution in [0.3, 0.4) is 0 Å². The molecule has 29 heavy (non-hydrogen) atoms. The molecule has 1 aliphatic rings. The van der Waals surface area contributed by atoms with Gasteiger partial charge in [0.25, 0.3) is 23.6 Å². The van der Waals surface area contributed by atoms with E-state index in [2.05, 4.69) is 0 Å². The molecule has 0 radical (unpaired) electrons. The van der Waals surface area contributed by atoms with E-state index >= 15 is 0 Å². The Balaban J connectivity index is 2.14. The van der Waals surface area contributed by atoms with Crippen molar-refractivity contribution in [2.24, 2.45) is 5.41 Å². The minimum Gasteiger partial charge on any atom is -0.271 e. The fourth-order valence-corrected chi connectivity index (χ4v) is 3.77. The molecule has 1 aliphatic heterocycles. The first kappa shape index (κ1) is 21.0. The van der Waals surface area contributed by atoms with Crippen molar-refractivity contribution < 1.29 is 19.2 Å². The Morgan fingerprint density at radius 3 is 1.48 bits per heavy atom. The van der Waals surface area contributed by atoms with Crippen LogP contribution < -0.4 is 0 Å². The van der Waals surface area contributed by atoms with Crippen LogP contribution in [-0.2, 0) is 9.59 Å². The predicted molar refractivity (Wildman–Crippen MR) is 108 cm³/mol. The zero-order valence-corrected chi connectivity index (χ0v) is 17.3. The van der Waals surface area contributed by atoms with E-state index in [0.29, 0.717) is 20.1 Å². The summed E-state index contributed by atoms with van der Waals surface area (Å²) in [5, 5.41) is 1.84. The number of hydrogen-bond donors (Lipinski definition) is 0. The third-order valence-electron chi connectivity index (χ3n) is 5.14. The fourth-order valence-electron chi connectivity index (χ4n) is 3.39. The molecule has 0 saturated carbocycles. The zero-order chi connectivity index (χ0) is 21.3. The summed E-state index contributed by atoms with van der Waals surface area (Å²) in [7, 11) is 0. The summed E-state index contributed by atoms with van der Waals surface area (Å²) in [5.41, 5.74) is -1.31. The van der Waals surface area contributed by atoms with Crippen molar-refractivity contribution in [2.45, 2.75) is 26.7 Å². The van der Waals surface area contributed by atoms with Crippen molar-refractivity contribution >= 4 is 46.8 Å². The van der Waals surface area contributed by atoms with Gasteiger partial charge in [0.2, 0.25) is 0 Å². The number of hydrogen-bond acceptors (Lipinski definition) is 4. The molecule has 0 N–H and O–H groups in total. The van der Waals surface area contributed by atoms with Gasteiger partial charge in [-0.15, -0.1) is 0 Å². The molecule has 0 aromatic heterocycles. The van der Waals surface area contributed by atoms with Crippen molar-refractivity contribution in [3.63, 3.8) is 0 Å². The van der Waals surface area contributed by atoms with Crippen LogP contribution in [-0.4, -0.2) is 33.6 Å². The molecule has 6 nitrogen and oxygen atoms in total. The van der Waals surface area contributed by atoms with Gasteiger partial charge >= 0.3 is 0 Å². The summed E-state index contributed by atoms with van der Waals surface area (Å²) >= 11 is 11.9. The van der Waals surface area contributed by atoms with Crippen molar-refractivity contribution in [2.75, 3.05) is 0 Å². The summed E-state index contributed by atoms with van der Waals surface area (Å²) in [6.45, 7) is 3.35. The average molecular weight is 433 g/mol. The SMILES string of the molecule is CCC1(CC)C(=O)N(C(=O)c2cccc(Cl)c2)N(C(=O)c2cccc(Cl)c2)C1=O. The molecular weight excluding hydrogens is 415 g/mol. The van der Waals surface area contributed by atoms with Crippen molar-refractivity contribution in [1.29, 1.82) is 0 Å². The molecule has 2 aromatic rings. The maximum absolute atomic E-state index is 13.2. The van der Waals surface area contributed by atoms with Crippen LogP contribution in [0, 0.1) is 5.41 Å². The van der Waals surface area contributed by atoms with Crippen LogP contribution in [0.15, 0.2) is 48.5 Å². The average Bonchev–Trinajstić information content (AvgIpc) is 2.93. The highest BCUT2D eigenvalue weighted by molar-refractivity contribution is 6.32. The van der Waals surface area contributed by atoms with Gasteiger partial charge in [0, 0.05) is 21.2 Å². The molecular formula is C21H18Cl2N2O4. The number of carbonyl (C=O) groups excluding carboxylic acids is 4. The minimum absolute atomic E-state index is 0.0885. The van der Waals surface area contributed by atoms with Crippen molar-refractivity contribution in [3.05, 3.63) is 69.7 Å². The third-order valence-corrected chi connectivity index (χ3v) is 5.61. The van der Waals surface area contributed by atoms with Gasteiger partial charge in [0.05, 0.1) is 0 Å². The van der Waals surface area contributed by atoms with Gasteiger partial charge in [0.15, 0.2) is 0 Å². The Hall–Kier alpha value is -2.70. The topological polar surface area (TPSA) is 74.8 Å². The molecule has 150 valence electrons. The molecule has 0 atom stereocenters. The highest BCUT2D eigenvalue weighted by Gasteiger charge is 2.60. The third kappa shape index (κ3) is 3.43. The van der Waals surface area contributed by atoms with E-state index in [-0.39, 0.29) is 24.0 Å². The standard InChI is InChI=1S/C21H18Cl2N2O4/c1-3-21(4-2)19(28)24(17(26)13-7-5-9-15(22)11-13)25(20(21)29)18(27)14-8-6-10-16(23)12-14/h5-12H,3-4H2,1-2H3. The first-order chi connectivity index (χ1) is 13.8. The lowest BCUT2D eigenvalue weighted by molar-refractivity contribution is -0.138.